The first kappa shape index (κ1) is 20.1. The van der Waals surface area contributed by atoms with E-state index in [9.17, 15) is 9.59 Å². The van der Waals surface area contributed by atoms with Gasteiger partial charge in [-0.2, -0.15) is 0 Å². The number of nitrogens with zero attached hydrogens (tertiary/aromatic N) is 1. The summed E-state index contributed by atoms with van der Waals surface area (Å²) in [6, 6.07) is 9.22. The molecule has 1 aliphatic heterocycles. The van der Waals surface area contributed by atoms with Crippen LogP contribution < -0.4 is 10.6 Å². The minimum atomic E-state index is -0.297. The highest BCUT2D eigenvalue weighted by atomic mass is 16.4. The number of piperidine rings is 1. The van der Waals surface area contributed by atoms with E-state index in [2.05, 4.69) is 22.5 Å². The number of carbonyl (C=O) groups is 2. The molecule has 1 saturated heterocycles. The van der Waals surface area contributed by atoms with Gasteiger partial charge in [0, 0.05) is 17.8 Å². The first-order valence-corrected chi connectivity index (χ1v) is 10.0. The number of rotatable bonds is 6. The van der Waals surface area contributed by atoms with Crippen LogP contribution >= 0.6 is 0 Å². The number of carbonyl (C=O) groups excluding carboxylic acids is 2. The molecule has 150 valence electrons. The lowest BCUT2D eigenvalue weighted by Gasteiger charge is -2.31. The van der Waals surface area contributed by atoms with E-state index in [1.807, 2.05) is 25.1 Å². The van der Waals surface area contributed by atoms with Gasteiger partial charge in [0.1, 0.15) is 5.76 Å². The van der Waals surface area contributed by atoms with Gasteiger partial charge in [0.15, 0.2) is 5.76 Å². The fraction of sp³-hybridized carbons (Fsp3) is 0.455. The van der Waals surface area contributed by atoms with Crippen molar-refractivity contribution in [3.8, 4) is 0 Å². The van der Waals surface area contributed by atoms with E-state index in [4.69, 9.17) is 4.42 Å². The van der Waals surface area contributed by atoms with Gasteiger partial charge in [0.25, 0.3) is 5.91 Å². The lowest BCUT2D eigenvalue weighted by molar-refractivity contribution is -0.115. The van der Waals surface area contributed by atoms with Gasteiger partial charge < -0.3 is 15.1 Å². The van der Waals surface area contributed by atoms with E-state index in [0.29, 0.717) is 23.6 Å². The molecule has 0 radical (unpaired) electrons. The lowest BCUT2D eigenvalue weighted by atomic mass is 10.1. The van der Waals surface area contributed by atoms with E-state index in [1.54, 1.807) is 19.1 Å². The normalized spacial score (nSPS) is 15.8. The van der Waals surface area contributed by atoms with Crippen molar-refractivity contribution in [2.75, 3.05) is 23.7 Å². The molecule has 3 rings (SSSR count). The van der Waals surface area contributed by atoms with E-state index < -0.39 is 0 Å². The lowest BCUT2D eigenvalue weighted by Crippen LogP contribution is -2.32. The SMILES string of the molecule is CCC(=O)Nc1cc(NC(=O)c2ccc(C(C)N3CCCCC3)o2)ccc1C. The van der Waals surface area contributed by atoms with Gasteiger partial charge in [-0.05, 0) is 69.6 Å². The molecule has 0 aliphatic carbocycles. The molecular formula is C22H29N3O3. The number of amides is 2. The van der Waals surface area contributed by atoms with Gasteiger partial charge in [-0.1, -0.05) is 19.4 Å². The Bertz CT molecular complexity index is 837. The van der Waals surface area contributed by atoms with Crippen molar-refractivity contribution in [2.45, 2.75) is 52.5 Å². The van der Waals surface area contributed by atoms with Crippen LogP contribution in [0.25, 0.3) is 0 Å². The second-order valence-corrected chi connectivity index (χ2v) is 7.36. The Morgan fingerprint density at radius 3 is 2.57 bits per heavy atom. The zero-order valence-corrected chi connectivity index (χ0v) is 16.9. The van der Waals surface area contributed by atoms with Crippen LogP contribution in [0.1, 0.15) is 67.5 Å². The fourth-order valence-electron chi connectivity index (χ4n) is 3.45. The Kier molecular flexibility index (Phi) is 6.52. The summed E-state index contributed by atoms with van der Waals surface area (Å²) in [5.74, 6) is 0.744. The van der Waals surface area contributed by atoms with Crippen molar-refractivity contribution in [3.05, 3.63) is 47.4 Å². The number of likely N-dealkylation sites (tertiary alicyclic amines) is 1. The maximum Gasteiger partial charge on any atom is 0.291 e. The van der Waals surface area contributed by atoms with Crippen molar-refractivity contribution < 1.29 is 14.0 Å². The molecule has 2 N–H and O–H groups in total. The molecule has 2 heterocycles. The van der Waals surface area contributed by atoms with Crippen molar-refractivity contribution in [1.29, 1.82) is 0 Å². The molecule has 1 aromatic carbocycles. The van der Waals surface area contributed by atoms with Crippen molar-refractivity contribution in [3.63, 3.8) is 0 Å². The van der Waals surface area contributed by atoms with Crippen LogP contribution in [0.4, 0.5) is 11.4 Å². The summed E-state index contributed by atoms with van der Waals surface area (Å²) in [5, 5.41) is 5.70. The first-order chi connectivity index (χ1) is 13.5. The van der Waals surface area contributed by atoms with Gasteiger partial charge in [-0.25, -0.2) is 0 Å². The molecule has 6 nitrogen and oxygen atoms in total. The molecule has 1 aromatic heterocycles. The molecule has 1 unspecified atom stereocenters. The largest absolute Gasteiger partial charge is 0.454 e. The van der Waals surface area contributed by atoms with Gasteiger partial charge in [-0.3, -0.25) is 14.5 Å². The Balaban J connectivity index is 1.67. The predicted molar refractivity (Wildman–Crippen MR) is 111 cm³/mol. The molecule has 2 aromatic rings. The Labute approximate surface area is 166 Å². The minimum Gasteiger partial charge on any atom is -0.454 e. The Morgan fingerprint density at radius 1 is 1.11 bits per heavy atom. The molecule has 1 fully saturated rings. The number of hydrogen-bond acceptors (Lipinski definition) is 4. The van der Waals surface area contributed by atoms with E-state index in [0.717, 1.165) is 24.4 Å². The summed E-state index contributed by atoms with van der Waals surface area (Å²) in [7, 11) is 0. The Morgan fingerprint density at radius 2 is 1.86 bits per heavy atom. The molecule has 28 heavy (non-hydrogen) atoms. The van der Waals surface area contributed by atoms with E-state index in [1.165, 1.54) is 19.3 Å². The third kappa shape index (κ3) is 4.81. The average molecular weight is 383 g/mol. The second kappa shape index (κ2) is 9.06. The number of aryl methyl sites for hydroxylation is 1. The summed E-state index contributed by atoms with van der Waals surface area (Å²) >= 11 is 0. The van der Waals surface area contributed by atoms with Crippen LogP contribution in [-0.4, -0.2) is 29.8 Å². The van der Waals surface area contributed by atoms with Gasteiger partial charge in [0.2, 0.25) is 5.91 Å². The fourth-order valence-corrected chi connectivity index (χ4v) is 3.45. The molecule has 0 spiro atoms. The number of anilines is 2. The molecule has 1 aliphatic rings. The molecule has 0 saturated carbocycles. The highest BCUT2D eigenvalue weighted by molar-refractivity contribution is 6.03. The van der Waals surface area contributed by atoms with Crippen LogP contribution in [0.2, 0.25) is 0 Å². The molecule has 1 atom stereocenters. The predicted octanol–water partition coefficient (Wildman–Crippen LogP) is 4.74. The molecular weight excluding hydrogens is 354 g/mol. The van der Waals surface area contributed by atoms with Gasteiger partial charge in [0.05, 0.1) is 6.04 Å². The molecule has 2 amide bonds. The highest BCUT2D eigenvalue weighted by Gasteiger charge is 2.22. The molecule has 0 bridgehead atoms. The number of benzene rings is 1. The third-order valence-electron chi connectivity index (χ3n) is 5.29. The summed E-state index contributed by atoms with van der Waals surface area (Å²) in [6.45, 7) is 7.97. The molecule has 6 heteroatoms. The third-order valence-corrected chi connectivity index (χ3v) is 5.29. The zero-order valence-electron chi connectivity index (χ0n) is 16.9. The van der Waals surface area contributed by atoms with Gasteiger partial charge >= 0.3 is 0 Å². The number of nitrogens with one attached hydrogen (secondary N) is 2. The second-order valence-electron chi connectivity index (χ2n) is 7.36. The summed E-state index contributed by atoms with van der Waals surface area (Å²) in [4.78, 5) is 26.7. The quantitative estimate of drug-likeness (QED) is 0.756. The Hall–Kier alpha value is -2.60. The number of furan rings is 1. The summed E-state index contributed by atoms with van der Waals surface area (Å²) in [6.07, 6.45) is 4.11. The van der Waals surface area contributed by atoms with Crippen molar-refractivity contribution in [1.82, 2.24) is 4.90 Å². The summed E-state index contributed by atoms with van der Waals surface area (Å²) in [5.41, 5.74) is 2.25. The van der Waals surface area contributed by atoms with Gasteiger partial charge in [-0.15, -0.1) is 0 Å². The van der Waals surface area contributed by atoms with Crippen molar-refractivity contribution >= 4 is 23.2 Å². The minimum absolute atomic E-state index is 0.0612. The van der Waals surface area contributed by atoms with Crippen LogP contribution in [-0.2, 0) is 4.79 Å². The first-order valence-electron chi connectivity index (χ1n) is 10.0. The summed E-state index contributed by atoms with van der Waals surface area (Å²) < 4.78 is 5.85. The average Bonchev–Trinajstić information content (AvgIpc) is 3.21. The van der Waals surface area contributed by atoms with Crippen LogP contribution in [0.3, 0.4) is 0 Å². The van der Waals surface area contributed by atoms with Crippen LogP contribution in [0, 0.1) is 6.92 Å². The zero-order chi connectivity index (χ0) is 20.1. The van der Waals surface area contributed by atoms with Crippen LogP contribution in [0.15, 0.2) is 34.7 Å². The monoisotopic (exact) mass is 383 g/mol. The van der Waals surface area contributed by atoms with Crippen molar-refractivity contribution in [2.24, 2.45) is 0 Å². The smallest absolute Gasteiger partial charge is 0.291 e. The topological polar surface area (TPSA) is 74.6 Å². The number of hydrogen-bond donors (Lipinski definition) is 2. The van der Waals surface area contributed by atoms with E-state index in [-0.39, 0.29) is 17.9 Å². The standard InChI is InChI=1S/C22H29N3O3/c1-4-21(26)24-18-14-17(9-8-15(18)2)23-22(27)20-11-10-19(28-20)16(3)25-12-6-5-7-13-25/h8-11,14,16H,4-7,12-13H2,1-3H3,(H,23,27)(H,24,26). The maximum atomic E-state index is 12.6. The van der Waals surface area contributed by atoms with E-state index >= 15 is 0 Å². The highest BCUT2D eigenvalue weighted by Crippen LogP contribution is 2.26. The maximum absolute atomic E-state index is 12.6. The van der Waals surface area contributed by atoms with Crippen LogP contribution in [0.5, 0.6) is 0 Å².